The van der Waals surface area contributed by atoms with Gasteiger partial charge in [0.25, 0.3) is 0 Å². The predicted molar refractivity (Wildman–Crippen MR) is 49.9 cm³/mol. The second-order valence-corrected chi connectivity index (χ2v) is 2.42. The van der Waals surface area contributed by atoms with Crippen LogP contribution in [0.25, 0.3) is 0 Å². The number of aliphatic hydroxyl groups excluding tert-OH is 1. The minimum absolute atomic E-state index is 0.106. The van der Waals surface area contributed by atoms with Crippen LogP contribution in [-0.2, 0) is 9.47 Å². The summed E-state index contributed by atoms with van der Waals surface area (Å²) in [5.41, 5.74) is 2.97. The SMILES string of the molecule is CCOCN(COCC)NCCO. The largest absolute Gasteiger partial charge is 0.395 e. The highest BCUT2D eigenvalue weighted by Gasteiger charge is 2.01. The number of nitrogens with zero attached hydrogens (tertiary/aromatic N) is 1. The lowest BCUT2D eigenvalue weighted by Crippen LogP contribution is -2.42. The maximum absolute atomic E-state index is 8.60. The van der Waals surface area contributed by atoms with E-state index in [0.29, 0.717) is 33.2 Å². The average molecular weight is 192 g/mol. The molecule has 0 unspecified atom stereocenters. The Balaban J connectivity index is 3.47. The van der Waals surface area contributed by atoms with Gasteiger partial charge in [0.15, 0.2) is 0 Å². The van der Waals surface area contributed by atoms with E-state index in [1.807, 2.05) is 13.8 Å². The van der Waals surface area contributed by atoms with E-state index in [0.717, 1.165) is 0 Å². The van der Waals surface area contributed by atoms with E-state index in [2.05, 4.69) is 5.43 Å². The fourth-order valence-electron chi connectivity index (χ4n) is 0.740. The van der Waals surface area contributed by atoms with Gasteiger partial charge in [-0.05, 0) is 13.8 Å². The van der Waals surface area contributed by atoms with Crippen LogP contribution < -0.4 is 5.43 Å². The van der Waals surface area contributed by atoms with E-state index in [1.165, 1.54) is 0 Å². The first kappa shape index (κ1) is 12.8. The second kappa shape index (κ2) is 9.88. The third kappa shape index (κ3) is 8.14. The zero-order chi connectivity index (χ0) is 9.94. The van der Waals surface area contributed by atoms with Gasteiger partial charge in [-0.25, -0.2) is 5.43 Å². The number of rotatable bonds is 9. The van der Waals surface area contributed by atoms with E-state index >= 15 is 0 Å². The molecule has 0 aliphatic rings. The van der Waals surface area contributed by atoms with Gasteiger partial charge in [-0.3, -0.25) is 0 Å². The molecule has 0 saturated carbocycles. The lowest BCUT2D eigenvalue weighted by Gasteiger charge is -2.21. The van der Waals surface area contributed by atoms with Crippen molar-refractivity contribution in [3.8, 4) is 0 Å². The molecule has 2 N–H and O–H groups in total. The summed E-state index contributed by atoms with van der Waals surface area (Å²) in [6.07, 6.45) is 0. The molecule has 0 fully saturated rings. The minimum atomic E-state index is 0.106. The molecule has 80 valence electrons. The molecule has 0 aromatic heterocycles. The fraction of sp³-hybridized carbons (Fsp3) is 1.00. The number of hydrazine groups is 1. The number of hydrogen-bond acceptors (Lipinski definition) is 5. The predicted octanol–water partition coefficient (Wildman–Crippen LogP) is -0.227. The molecular formula is C8H20N2O3. The molecular weight excluding hydrogens is 172 g/mol. The minimum Gasteiger partial charge on any atom is -0.395 e. The third-order valence-electron chi connectivity index (χ3n) is 1.35. The molecule has 0 heterocycles. The van der Waals surface area contributed by atoms with Crippen LogP contribution in [0.5, 0.6) is 0 Å². The lowest BCUT2D eigenvalue weighted by atomic mass is 10.7. The van der Waals surface area contributed by atoms with Gasteiger partial charge < -0.3 is 14.6 Å². The third-order valence-corrected chi connectivity index (χ3v) is 1.35. The van der Waals surface area contributed by atoms with Crippen LogP contribution in [0.2, 0.25) is 0 Å². The van der Waals surface area contributed by atoms with Crippen LogP contribution >= 0.6 is 0 Å². The van der Waals surface area contributed by atoms with Gasteiger partial charge in [0.1, 0.15) is 13.5 Å². The Bertz CT molecular complexity index is 84.4. The smallest absolute Gasteiger partial charge is 0.114 e. The van der Waals surface area contributed by atoms with Gasteiger partial charge in [-0.2, -0.15) is 5.01 Å². The first-order valence-corrected chi connectivity index (χ1v) is 4.59. The van der Waals surface area contributed by atoms with Crippen molar-refractivity contribution in [1.82, 2.24) is 10.4 Å². The maximum Gasteiger partial charge on any atom is 0.114 e. The van der Waals surface area contributed by atoms with Crippen molar-refractivity contribution >= 4 is 0 Å². The van der Waals surface area contributed by atoms with Crippen molar-refractivity contribution in [1.29, 1.82) is 0 Å². The van der Waals surface area contributed by atoms with Crippen molar-refractivity contribution in [2.24, 2.45) is 0 Å². The van der Waals surface area contributed by atoms with Crippen LogP contribution in [0.4, 0.5) is 0 Å². The highest BCUT2D eigenvalue weighted by molar-refractivity contribution is 4.40. The molecule has 0 bridgehead atoms. The Labute approximate surface area is 79.6 Å². The standard InChI is InChI=1S/C8H20N2O3/c1-3-12-7-10(8-13-4-2)9-5-6-11/h9,11H,3-8H2,1-2H3. The maximum atomic E-state index is 8.60. The summed E-state index contributed by atoms with van der Waals surface area (Å²) in [5, 5.41) is 10.4. The summed E-state index contributed by atoms with van der Waals surface area (Å²) in [7, 11) is 0. The molecule has 0 amide bonds. The van der Waals surface area contributed by atoms with E-state index in [4.69, 9.17) is 14.6 Å². The van der Waals surface area contributed by atoms with E-state index in [9.17, 15) is 0 Å². The molecule has 0 saturated heterocycles. The van der Waals surface area contributed by atoms with E-state index in [1.54, 1.807) is 5.01 Å². The molecule has 0 aliphatic heterocycles. The second-order valence-electron chi connectivity index (χ2n) is 2.42. The van der Waals surface area contributed by atoms with Gasteiger partial charge in [0, 0.05) is 19.8 Å². The van der Waals surface area contributed by atoms with Gasteiger partial charge in [-0.15, -0.1) is 0 Å². The summed E-state index contributed by atoms with van der Waals surface area (Å²) < 4.78 is 10.4. The van der Waals surface area contributed by atoms with E-state index in [-0.39, 0.29) is 6.61 Å². The van der Waals surface area contributed by atoms with Crippen molar-refractivity contribution < 1.29 is 14.6 Å². The number of ether oxygens (including phenoxy) is 2. The Morgan fingerprint density at radius 2 is 1.69 bits per heavy atom. The Hall–Kier alpha value is -0.200. The zero-order valence-corrected chi connectivity index (χ0v) is 8.45. The van der Waals surface area contributed by atoms with Crippen molar-refractivity contribution in [2.45, 2.75) is 13.8 Å². The number of nitrogens with one attached hydrogen (secondary N) is 1. The normalized spacial score (nSPS) is 11.1. The van der Waals surface area contributed by atoms with Crippen molar-refractivity contribution in [3.63, 3.8) is 0 Å². The van der Waals surface area contributed by atoms with Crippen molar-refractivity contribution in [2.75, 3.05) is 39.8 Å². The molecule has 0 atom stereocenters. The molecule has 5 nitrogen and oxygen atoms in total. The first-order chi connectivity index (χ1) is 6.35. The monoisotopic (exact) mass is 192 g/mol. The van der Waals surface area contributed by atoms with Crippen LogP contribution in [-0.4, -0.2) is 49.9 Å². The van der Waals surface area contributed by atoms with Crippen LogP contribution in [0.15, 0.2) is 0 Å². The molecule has 0 aromatic carbocycles. The average Bonchev–Trinajstić information content (AvgIpc) is 2.17. The summed E-state index contributed by atoms with van der Waals surface area (Å²) in [5.74, 6) is 0. The van der Waals surface area contributed by atoms with Gasteiger partial charge in [-0.1, -0.05) is 0 Å². The molecule has 0 aliphatic carbocycles. The highest BCUT2D eigenvalue weighted by Crippen LogP contribution is 1.85. The Kier molecular flexibility index (Phi) is 9.73. The van der Waals surface area contributed by atoms with Crippen LogP contribution in [0, 0.1) is 0 Å². The van der Waals surface area contributed by atoms with Gasteiger partial charge in [0.2, 0.25) is 0 Å². The topological polar surface area (TPSA) is 54.0 Å². The molecule has 13 heavy (non-hydrogen) atoms. The molecule has 0 rings (SSSR count). The first-order valence-electron chi connectivity index (χ1n) is 4.59. The highest BCUT2D eigenvalue weighted by atomic mass is 16.5. The fourth-order valence-corrected chi connectivity index (χ4v) is 0.740. The lowest BCUT2D eigenvalue weighted by molar-refractivity contribution is -0.0689. The Morgan fingerprint density at radius 1 is 1.15 bits per heavy atom. The zero-order valence-electron chi connectivity index (χ0n) is 8.45. The summed E-state index contributed by atoms with van der Waals surface area (Å²) >= 11 is 0. The van der Waals surface area contributed by atoms with E-state index < -0.39 is 0 Å². The molecule has 0 radical (unpaired) electrons. The van der Waals surface area contributed by atoms with Gasteiger partial charge in [0.05, 0.1) is 6.61 Å². The molecule has 0 aromatic rings. The van der Waals surface area contributed by atoms with Crippen LogP contribution in [0.3, 0.4) is 0 Å². The molecule has 0 spiro atoms. The summed E-state index contributed by atoms with van der Waals surface area (Å²) in [6, 6.07) is 0. The number of aliphatic hydroxyl groups is 1. The summed E-state index contributed by atoms with van der Waals surface area (Å²) in [4.78, 5) is 0. The van der Waals surface area contributed by atoms with Gasteiger partial charge >= 0.3 is 0 Å². The molecule has 5 heteroatoms. The van der Waals surface area contributed by atoms with Crippen LogP contribution in [0.1, 0.15) is 13.8 Å². The quantitative estimate of drug-likeness (QED) is 0.390. The summed E-state index contributed by atoms with van der Waals surface area (Å²) in [6.45, 7) is 6.77. The van der Waals surface area contributed by atoms with Crippen molar-refractivity contribution in [3.05, 3.63) is 0 Å². The number of hydrogen-bond donors (Lipinski definition) is 2. The Morgan fingerprint density at radius 3 is 2.08 bits per heavy atom.